The van der Waals surface area contributed by atoms with Crippen LogP contribution in [0.4, 0.5) is 0 Å². The molecule has 22 heavy (non-hydrogen) atoms. The van der Waals surface area contributed by atoms with E-state index >= 15 is 0 Å². The summed E-state index contributed by atoms with van der Waals surface area (Å²) >= 11 is 0. The van der Waals surface area contributed by atoms with Gasteiger partial charge in [-0.05, 0) is 43.0 Å². The Hall–Kier alpha value is -1.64. The van der Waals surface area contributed by atoms with E-state index in [1.807, 2.05) is 5.43 Å². The molecule has 0 aromatic heterocycles. The fourth-order valence-electron chi connectivity index (χ4n) is 2.27. The van der Waals surface area contributed by atoms with Gasteiger partial charge in [0.25, 0.3) is 5.91 Å². The molecule has 1 aliphatic rings. The van der Waals surface area contributed by atoms with Crippen LogP contribution in [0.25, 0.3) is 0 Å². The van der Waals surface area contributed by atoms with Crippen LogP contribution in [0.2, 0.25) is 0 Å². The number of piperidine rings is 1. The van der Waals surface area contributed by atoms with Crippen molar-refractivity contribution in [2.75, 3.05) is 19.7 Å². The molecule has 0 bridgehead atoms. The maximum Gasteiger partial charge on any atom is 0.271 e. The number of hydrogen-bond donors (Lipinski definition) is 2. The van der Waals surface area contributed by atoms with Gasteiger partial charge in [-0.1, -0.05) is 6.92 Å². The first-order chi connectivity index (χ1) is 10.4. The number of hydrazine groups is 1. The molecule has 0 radical (unpaired) electrons. The quantitative estimate of drug-likeness (QED) is 0.465. The largest absolute Gasteiger partial charge is 0.484 e. The van der Waals surface area contributed by atoms with Crippen molar-refractivity contribution in [3.63, 3.8) is 0 Å². The molecule has 0 aliphatic carbocycles. The molecule has 1 aromatic carbocycles. The summed E-state index contributed by atoms with van der Waals surface area (Å²) in [5.41, 5.74) is 1.95. The lowest BCUT2D eigenvalue weighted by molar-refractivity contribution is -0.123. The normalized spacial score (nSPS) is 17.2. The Morgan fingerprint density at radius 2 is 1.91 bits per heavy atom. The van der Waals surface area contributed by atoms with E-state index in [0.29, 0.717) is 24.8 Å². The number of carbonyl (C=O) groups excluding carboxylic acids is 1. The Bertz CT molecular complexity index is 607. The molecule has 1 aliphatic heterocycles. The van der Waals surface area contributed by atoms with Gasteiger partial charge in [0, 0.05) is 13.1 Å². The summed E-state index contributed by atoms with van der Waals surface area (Å²) in [5.74, 6) is 5.46. The van der Waals surface area contributed by atoms with Crippen LogP contribution >= 0.6 is 0 Å². The van der Waals surface area contributed by atoms with Crippen LogP contribution in [0.15, 0.2) is 29.2 Å². The predicted octanol–water partition coefficient (Wildman–Crippen LogP) is 0.476. The Kier molecular flexibility index (Phi) is 5.38. The average Bonchev–Trinajstić information content (AvgIpc) is 2.53. The first kappa shape index (κ1) is 16.7. The van der Waals surface area contributed by atoms with Crippen LogP contribution in [0.3, 0.4) is 0 Å². The number of amides is 1. The number of nitrogens with two attached hydrogens (primary N) is 1. The number of rotatable bonds is 5. The maximum absolute atomic E-state index is 12.5. The molecule has 1 amide bonds. The molecule has 2 rings (SSSR count). The highest BCUT2D eigenvalue weighted by Crippen LogP contribution is 2.24. The molecule has 1 saturated heterocycles. The standard InChI is InChI=1S/C14H21N3O4S/c1-11-6-8-17(9-7-11)22(19,20)13-4-2-12(3-5-13)21-10-14(18)16-15/h2-5,11H,6-10,15H2,1H3,(H,16,18). The van der Waals surface area contributed by atoms with Crippen molar-refractivity contribution < 1.29 is 17.9 Å². The summed E-state index contributed by atoms with van der Waals surface area (Å²) in [5, 5.41) is 0. The summed E-state index contributed by atoms with van der Waals surface area (Å²) < 4.78 is 31.7. The fourth-order valence-corrected chi connectivity index (χ4v) is 3.74. The van der Waals surface area contributed by atoms with Crippen LogP contribution in [-0.2, 0) is 14.8 Å². The number of nitrogens with one attached hydrogen (secondary N) is 1. The lowest BCUT2D eigenvalue weighted by Gasteiger charge is -2.29. The van der Waals surface area contributed by atoms with Crippen LogP contribution in [0, 0.1) is 5.92 Å². The predicted molar refractivity (Wildman–Crippen MR) is 81.4 cm³/mol. The Labute approximate surface area is 130 Å². The summed E-state index contributed by atoms with van der Waals surface area (Å²) in [6.45, 7) is 3.02. The zero-order chi connectivity index (χ0) is 16.2. The van der Waals surface area contributed by atoms with Gasteiger partial charge in [0.1, 0.15) is 5.75 Å². The summed E-state index contributed by atoms with van der Waals surface area (Å²) in [7, 11) is -3.46. The Morgan fingerprint density at radius 3 is 2.45 bits per heavy atom. The van der Waals surface area contributed by atoms with Gasteiger partial charge in [0.05, 0.1) is 4.90 Å². The van der Waals surface area contributed by atoms with Crippen LogP contribution < -0.4 is 16.0 Å². The van der Waals surface area contributed by atoms with Gasteiger partial charge < -0.3 is 4.74 Å². The van der Waals surface area contributed by atoms with E-state index < -0.39 is 15.9 Å². The Balaban J connectivity index is 2.04. The minimum atomic E-state index is -3.46. The lowest BCUT2D eigenvalue weighted by Crippen LogP contribution is -2.37. The number of sulfonamides is 1. The molecule has 8 heteroatoms. The molecular formula is C14H21N3O4S. The van der Waals surface area contributed by atoms with Crippen molar-refractivity contribution in [3.05, 3.63) is 24.3 Å². The monoisotopic (exact) mass is 327 g/mol. The molecule has 0 spiro atoms. The average molecular weight is 327 g/mol. The first-order valence-corrected chi connectivity index (χ1v) is 8.60. The minimum Gasteiger partial charge on any atom is -0.484 e. The third-order valence-electron chi connectivity index (χ3n) is 3.74. The number of nitrogens with zero attached hydrogens (tertiary/aromatic N) is 1. The first-order valence-electron chi connectivity index (χ1n) is 7.16. The van der Waals surface area contributed by atoms with Crippen molar-refractivity contribution in [3.8, 4) is 5.75 Å². The zero-order valence-corrected chi connectivity index (χ0v) is 13.3. The second-order valence-electron chi connectivity index (χ2n) is 5.41. The molecular weight excluding hydrogens is 306 g/mol. The van der Waals surface area contributed by atoms with Crippen LogP contribution in [0.5, 0.6) is 5.75 Å². The van der Waals surface area contributed by atoms with Gasteiger partial charge in [-0.15, -0.1) is 0 Å². The topological polar surface area (TPSA) is 102 Å². The third-order valence-corrected chi connectivity index (χ3v) is 5.65. The van der Waals surface area contributed by atoms with E-state index in [1.54, 1.807) is 0 Å². The minimum absolute atomic E-state index is 0.216. The smallest absolute Gasteiger partial charge is 0.271 e. The van der Waals surface area contributed by atoms with E-state index in [0.717, 1.165) is 12.8 Å². The van der Waals surface area contributed by atoms with Gasteiger partial charge >= 0.3 is 0 Å². The highest BCUT2D eigenvalue weighted by molar-refractivity contribution is 7.89. The van der Waals surface area contributed by atoms with Crippen molar-refractivity contribution in [2.45, 2.75) is 24.7 Å². The lowest BCUT2D eigenvalue weighted by atomic mass is 10.0. The van der Waals surface area contributed by atoms with Crippen molar-refractivity contribution in [1.82, 2.24) is 9.73 Å². The summed E-state index contributed by atoms with van der Waals surface area (Å²) in [6, 6.07) is 6.04. The molecule has 0 atom stereocenters. The van der Waals surface area contributed by atoms with E-state index in [1.165, 1.54) is 28.6 Å². The highest BCUT2D eigenvalue weighted by Gasteiger charge is 2.27. The molecule has 0 saturated carbocycles. The van der Waals surface area contributed by atoms with Gasteiger partial charge in [0.15, 0.2) is 6.61 Å². The number of benzene rings is 1. The molecule has 1 aromatic rings. The van der Waals surface area contributed by atoms with Crippen LogP contribution in [-0.4, -0.2) is 38.3 Å². The fraction of sp³-hybridized carbons (Fsp3) is 0.500. The second kappa shape index (κ2) is 7.08. The molecule has 7 nitrogen and oxygen atoms in total. The van der Waals surface area contributed by atoms with Gasteiger partial charge in [-0.2, -0.15) is 4.31 Å². The Morgan fingerprint density at radius 1 is 1.32 bits per heavy atom. The summed E-state index contributed by atoms with van der Waals surface area (Å²) in [6.07, 6.45) is 1.77. The van der Waals surface area contributed by atoms with Crippen molar-refractivity contribution in [1.29, 1.82) is 0 Å². The maximum atomic E-state index is 12.5. The van der Waals surface area contributed by atoms with Gasteiger partial charge in [-0.25, -0.2) is 14.3 Å². The molecule has 122 valence electrons. The van der Waals surface area contributed by atoms with E-state index in [4.69, 9.17) is 10.6 Å². The van der Waals surface area contributed by atoms with Crippen LogP contribution in [0.1, 0.15) is 19.8 Å². The van der Waals surface area contributed by atoms with E-state index in [9.17, 15) is 13.2 Å². The molecule has 1 fully saturated rings. The van der Waals surface area contributed by atoms with E-state index in [-0.39, 0.29) is 11.5 Å². The van der Waals surface area contributed by atoms with Gasteiger partial charge in [0.2, 0.25) is 10.0 Å². The van der Waals surface area contributed by atoms with Crippen molar-refractivity contribution >= 4 is 15.9 Å². The van der Waals surface area contributed by atoms with E-state index in [2.05, 4.69) is 6.92 Å². The summed E-state index contributed by atoms with van der Waals surface area (Å²) in [4.78, 5) is 11.2. The number of ether oxygens (including phenoxy) is 1. The molecule has 0 unspecified atom stereocenters. The second-order valence-corrected chi connectivity index (χ2v) is 7.35. The zero-order valence-electron chi connectivity index (χ0n) is 12.5. The van der Waals surface area contributed by atoms with Gasteiger partial charge in [-0.3, -0.25) is 10.2 Å². The molecule has 1 heterocycles. The number of hydrogen-bond acceptors (Lipinski definition) is 5. The third kappa shape index (κ3) is 3.96. The molecule has 3 N–H and O–H groups in total. The van der Waals surface area contributed by atoms with Crippen molar-refractivity contribution in [2.24, 2.45) is 11.8 Å². The number of carbonyl (C=O) groups is 1. The highest BCUT2D eigenvalue weighted by atomic mass is 32.2. The SMILES string of the molecule is CC1CCN(S(=O)(=O)c2ccc(OCC(=O)NN)cc2)CC1.